The molecule has 2 unspecified atom stereocenters. The van der Waals surface area contributed by atoms with Crippen LogP contribution in [-0.2, 0) is 0 Å². The van der Waals surface area contributed by atoms with Gasteiger partial charge in [-0.3, -0.25) is 0 Å². The molecule has 0 aliphatic heterocycles. The van der Waals surface area contributed by atoms with Crippen LogP contribution in [0.4, 0.5) is 0 Å². The van der Waals surface area contributed by atoms with E-state index in [0.717, 1.165) is 17.2 Å². The first kappa shape index (κ1) is 12.3. The summed E-state index contributed by atoms with van der Waals surface area (Å²) in [5, 5.41) is 1.05. The number of rotatable bonds is 3. The van der Waals surface area contributed by atoms with E-state index in [1.807, 2.05) is 0 Å². The molecule has 0 nitrogen and oxygen atoms in total. The molecule has 0 heterocycles. The maximum Gasteiger partial charge on any atom is 0.0244 e. The maximum atomic E-state index is 3.59. The van der Waals surface area contributed by atoms with E-state index >= 15 is 0 Å². The Morgan fingerprint density at radius 1 is 1.43 bits per heavy atom. The summed E-state index contributed by atoms with van der Waals surface area (Å²) >= 11 is 3.59. The fourth-order valence-electron chi connectivity index (χ4n) is 2.33. The summed E-state index contributed by atoms with van der Waals surface area (Å²) in [6.07, 6.45) is 8.22. The summed E-state index contributed by atoms with van der Waals surface area (Å²) in [4.78, 5) is 0. The molecule has 1 heteroatoms. The molecule has 1 rings (SSSR count). The van der Waals surface area contributed by atoms with Gasteiger partial charge in [-0.15, -0.1) is 0 Å². The molecular weight excluding hydrogens is 236 g/mol. The fourth-order valence-corrected chi connectivity index (χ4v) is 3.16. The molecule has 0 amide bonds. The number of hydrogen-bond acceptors (Lipinski definition) is 0. The van der Waals surface area contributed by atoms with E-state index in [1.165, 1.54) is 25.7 Å². The lowest BCUT2D eigenvalue weighted by Crippen LogP contribution is -2.12. The predicted molar refractivity (Wildman–Crippen MR) is 67.8 cm³/mol. The average Bonchev–Trinajstić information content (AvgIpc) is 2.14. The third-order valence-corrected chi connectivity index (χ3v) is 3.97. The van der Waals surface area contributed by atoms with E-state index < -0.39 is 0 Å². The van der Waals surface area contributed by atoms with Crippen molar-refractivity contribution in [3.8, 4) is 0 Å². The van der Waals surface area contributed by atoms with Crippen LogP contribution in [0.1, 0.15) is 46.5 Å². The van der Waals surface area contributed by atoms with Gasteiger partial charge in [0.2, 0.25) is 0 Å². The molecule has 1 saturated carbocycles. The largest absolute Gasteiger partial charge is 0.0880 e. The Kier molecular flexibility index (Phi) is 5.22. The molecule has 2 atom stereocenters. The zero-order valence-electron chi connectivity index (χ0n) is 9.72. The Labute approximate surface area is 97.3 Å². The zero-order valence-corrected chi connectivity index (χ0v) is 11.3. The second-order valence-electron chi connectivity index (χ2n) is 5.06. The topological polar surface area (TPSA) is 0 Å². The molecule has 0 N–H and O–H groups in total. The maximum absolute atomic E-state index is 3.59. The summed E-state index contributed by atoms with van der Waals surface area (Å²) in [6.45, 7) is 6.97. The van der Waals surface area contributed by atoms with Crippen LogP contribution in [0.5, 0.6) is 0 Å². The highest BCUT2D eigenvalue weighted by molar-refractivity contribution is 9.09. The van der Waals surface area contributed by atoms with E-state index in [0.29, 0.717) is 5.92 Å². The third kappa shape index (κ3) is 3.76. The van der Waals surface area contributed by atoms with Gasteiger partial charge in [-0.1, -0.05) is 61.2 Å². The summed E-state index contributed by atoms with van der Waals surface area (Å²) in [5.41, 5.74) is 1.59. The molecule has 0 bridgehead atoms. The van der Waals surface area contributed by atoms with Crippen molar-refractivity contribution in [1.82, 2.24) is 0 Å². The first-order valence-corrected chi connectivity index (χ1v) is 7.02. The number of halogens is 1. The monoisotopic (exact) mass is 258 g/mol. The Balaban J connectivity index is 2.55. The third-order valence-electron chi connectivity index (χ3n) is 3.32. The first-order chi connectivity index (χ1) is 6.63. The summed E-state index contributed by atoms with van der Waals surface area (Å²) < 4.78 is 0. The molecule has 1 fully saturated rings. The van der Waals surface area contributed by atoms with Crippen molar-refractivity contribution < 1.29 is 0 Å². The van der Waals surface area contributed by atoms with E-state index in [9.17, 15) is 0 Å². The standard InChI is InChI=1S/C13H23Br/c1-10(2)13(9-14)8-12-6-4-5-11(3)7-12/h8,10-12H,4-7,9H2,1-3H3/b13-8-. The van der Waals surface area contributed by atoms with Crippen LogP contribution in [0.25, 0.3) is 0 Å². The second kappa shape index (κ2) is 5.95. The van der Waals surface area contributed by atoms with Crippen LogP contribution < -0.4 is 0 Å². The van der Waals surface area contributed by atoms with Gasteiger partial charge in [0.05, 0.1) is 0 Å². The van der Waals surface area contributed by atoms with Gasteiger partial charge in [-0.2, -0.15) is 0 Å². The molecule has 0 saturated heterocycles. The average molecular weight is 259 g/mol. The Hall–Kier alpha value is 0.220. The molecule has 1 aliphatic rings. The molecule has 82 valence electrons. The highest BCUT2D eigenvalue weighted by Crippen LogP contribution is 2.31. The number of alkyl halides is 1. The quantitative estimate of drug-likeness (QED) is 0.505. The zero-order chi connectivity index (χ0) is 10.6. The van der Waals surface area contributed by atoms with Crippen molar-refractivity contribution in [2.75, 3.05) is 5.33 Å². The van der Waals surface area contributed by atoms with Crippen LogP contribution in [0.15, 0.2) is 11.6 Å². The summed E-state index contributed by atoms with van der Waals surface area (Å²) in [6, 6.07) is 0. The first-order valence-electron chi connectivity index (χ1n) is 5.90. The van der Waals surface area contributed by atoms with Crippen molar-refractivity contribution >= 4 is 15.9 Å². The van der Waals surface area contributed by atoms with Crippen molar-refractivity contribution in [2.24, 2.45) is 17.8 Å². The van der Waals surface area contributed by atoms with Gasteiger partial charge in [-0.25, -0.2) is 0 Å². The molecule has 0 spiro atoms. The normalized spacial score (nSPS) is 29.6. The lowest BCUT2D eigenvalue weighted by Gasteiger charge is -2.25. The highest BCUT2D eigenvalue weighted by Gasteiger charge is 2.17. The van der Waals surface area contributed by atoms with Crippen LogP contribution in [0.3, 0.4) is 0 Å². The van der Waals surface area contributed by atoms with Crippen LogP contribution in [0.2, 0.25) is 0 Å². The lowest BCUT2D eigenvalue weighted by atomic mass is 9.81. The fraction of sp³-hybridized carbons (Fsp3) is 0.846. The van der Waals surface area contributed by atoms with Crippen LogP contribution in [-0.4, -0.2) is 5.33 Å². The molecular formula is C13H23Br. The number of allylic oxidation sites excluding steroid dienone is 2. The summed E-state index contributed by atoms with van der Waals surface area (Å²) in [7, 11) is 0. The van der Waals surface area contributed by atoms with E-state index in [2.05, 4.69) is 42.8 Å². The summed E-state index contributed by atoms with van der Waals surface area (Å²) in [5.74, 6) is 2.49. The Bertz CT molecular complexity index is 193. The van der Waals surface area contributed by atoms with Gasteiger partial charge >= 0.3 is 0 Å². The second-order valence-corrected chi connectivity index (χ2v) is 5.62. The Morgan fingerprint density at radius 3 is 2.64 bits per heavy atom. The SMILES string of the molecule is CC1CCCC(/C=C(/CBr)C(C)C)C1. The molecule has 14 heavy (non-hydrogen) atoms. The smallest absolute Gasteiger partial charge is 0.0244 e. The van der Waals surface area contributed by atoms with Crippen LogP contribution in [0, 0.1) is 17.8 Å². The van der Waals surface area contributed by atoms with Gasteiger partial charge in [0.1, 0.15) is 0 Å². The molecule has 0 aromatic carbocycles. The number of hydrogen-bond donors (Lipinski definition) is 0. The predicted octanol–water partition coefficient (Wildman–Crippen LogP) is 4.79. The minimum absolute atomic E-state index is 0.701. The van der Waals surface area contributed by atoms with Crippen molar-refractivity contribution in [1.29, 1.82) is 0 Å². The van der Waals surface area contributed by atoms with Crippen molar-refractivity contribution in [3.05, 3.63) is 11.6 Å². The van der Waals surface area contributed by atoms with Crippen molar-refractivity contribution in [2.45, 2.75) is 46.5 Å². The van der Waals surface area contributed by atoms with E-state index in [4.69, 9.17) is 0 Å². The van der Waals surface area contributed by atoms with Gasteiger partial charge in [0, 0.05) is 5.33 Å². The van der Waals surface area contributed by atoms with Crippen molar-refractivity contribution in [3.63, 3.8) is 0 Å². The minimum atomic E-state index is 0.701. The van der Waals surface area contributed by atoms with Gasteiger partial charge in [-0.05, 0) is 30.6 Å². The molecule has 0 aromatic heterocycles. The molecule has 0 aromatic rings. The minimum Gasteiger partial charge on any atom is -0.0880 e. The van der Waals surface area contributed by atoms with Gasteiger partial charge < -0.3 is 0 Å². The van der Waals surface area contributed by atoms with E-state index in [1.54, 1.807) is 5.57 Å². The van der Waals surface area contributed by atoms with Gasteiger partial charge in [0.15, 0.2) is 0 Å². The van der Waals surface area contributed by atoms with Crippen LogP contribution >= 0.6 is 15.9 Å². The Morgan fingerprint density at radius 2 is 2.14 bits per heavy atom. The van der Waals surface area contributed by atoms with E-state index in [-0.39, 0.29) is 0 Å². The highest BCUT2D eigenvalue weighted by atomic mass is 79.9. The lowest BCUT2D eigenvalue weighted by molar-refractivity contribution is 0.323. The molecule has 0 radical (unpaired) electrons. The molecule has 1 aliphatic carbocycles. The van der Waals surface area contributed by atoms with Gasteiger partial charge in [0.25, 0.3) is 0 Å².